The summed E-state index contributed by atoms with van der Waals surface area (Å²) in [4.78, 5) is 25.3. The molecule has 1 amide bonds. The molecule has 1 heterocycles. The minimum absolute atomic E-state index is 0.0276. The second-order valence-electron chi connectivity index (χ2n) is 8.46. The number of nitrogens with zero attached hydrogens (tertiary/aromatic N) is 1. The molecule has 1 saturated heterocycles. The molecule has 0 saturated carbocycles. The molecule has 2 aliphatic rings. The molecule has 1 aliphatic heterocycles. The average Bonchev–Trinajstić information content (AvgIpc) is 3.35. The Kier molecular flexibility index (Phi) is 7.07. The Morgan fingerprint density at radius 2 is 1.85 bits per heavy atom. The van der Waals surface area contributed by atoms with Crippen molar-refractivity contribution in [1.82, 2.24) is 9.62 Å². The van der Waals surface area contributed by atoms with E-state index in [1.807, 2.05) is 18.2 Å². The summed E-state index contributed by atoms with van der Waals surface area (Å²) in [7, 11) is -3.80. The van der Waals surface area contributed by atoms with Gasteiger partial charge in [-0.25, -0.2) is 13.2 Å². The lowest BCUT2D eigenvalue weighted by atomic mass is 9.87. The minimum atomic E-state index is -3.80. The van der Waals surface area contributed by atoms with Gasteiger partial charge >= 0.3 is 5.97 Å². The van der Waals surface area contributed by atoms with E-state index in [0.29, 0.717) is 13.1 Å². The van der Waals surface area contributed by atoms with Crippen molar-refractivity contribution in [2.75, 3.05) is 13.1 Å². The molecule has 1 aliphatic carbocycles. The van der Waals surface area contributed by atoms with Crippen LogP contribution in [0.3, 0.4) is 0 Å². The minimum Gasteiger partial charge on any atom is -0.449 e. The molecule has 33 heavy (non-hydrogen) atoms. The van der Waals surface area contributed by atoms with Crippen LogP contribution in [0, 0.1) is 0 Å². The Balaban J connectivity index is 1.44. The summed E-state index contributed by atoms with van der Waals surface area (Å²) >= 11 is 6.15. The van der Waals surface area contributed by atoms with Crippen molar-refractivity contribution in [1.29, 1.82) is 0 Å². The van der Waals surface area contributed by atoms with Gasteiger partial charge in [0.2, 0.25) is 10.0 Å². The van der Waals surface area contributed by atoms with Crippen LogP contribution in [0.1, 0.15) is 60.1 Å². The Morgan fingerprint density at radius 3 is 2.61 bits per heavy atom. The van der Waals surface area contributed by atoms with Gasteiger partial charge in [0.05, 0.1) is 16.6 Å². The third kappa shape index (κ3) is 5.08. The van der Waals surface area contributed by atoms with Crippen LogP contribution in [0.15, 0.2) is 47.4 Å². The molecule has 2 aromatic carbocycles. The van der Waals surface area contributed by atoms with E-state index in [2.05, 4.69) is 11.4 Å². The first-order chi connectivity index (χ1) is 15.8. The van der Waals surface area contributed by atoms with E-state index in [9.17, 15) is 18.0 Å². The summed E-state index contributed by atoms with van der Waals surface area (Å²) < 4.78 is 32.5. The van der Waals surface area contributed by atoms with Gasteiger partial charge in [0, 0.05) is 13.1 Å². The first kappa shape index (κ1) is 23.7. The Hall–Kier alpha value is -2.42. The van der Waals surface area contributed by atoms with E-state index in [0.717, 1.165) is 37.7 Å². The highest BCUT2D eigenvalue weighted by atomic mass is 35.5. The number of halogens is 1. The number of hydrogen-bond acceptors (Lipinski definition) is 5. The Labute approximate surface area is 199 Å². The van der Waals surface area contributed by atoms with Crippen LogP contribution in [0.25, 0.3) is 0 Å². The number of hydrogen-bond donors (Lipinski definition) is 1. The zero-order valence-electron chi connectivity index (χ0n) is 18.4. The van der Waals surface area contributed by atoms with Crippen molar-refractivity contribution >= 4 is 33.5 Å². The fourth-order valence-corrected chi connectivity index (χ4v) is 6.39. The number of fused-ring (bicyclic) bond motifs is 1. The summed E-state index contributed by atoms with van der Waals surface area (Å²) in [6.07, 6.45) is 3.30. The molecule has 4 rings (SSSR count). The lowest BCUT2D eigenvalue weighted by Crippen LogP contribution is -2.39. The number of ether oxygens (including phenoxy) is 1. The summed E-state index contributed by atoms with van der Waals surface area (Å²) in [5.74, 6) is -1.18. The third-order valence-corrected chi connectivity index (χ3v) is 8.57. The molecule has 7 nitrogen and oxygen atoms in total. The average molecular weight is 491 g/mol. The van der Waals surface area contributed by atoms with E-state index < -0.39 is 28.0 Å². The fourth-order valence-electron chi connectivity index (χ4n) is 4.37. The van der Waals surface area contributed by atoms with E-state index in [1.54, 1.807) is 0 Å². The third-order valence-electron chi connectivity index (χ3n) is 6.19. The Morgan fingerprint density at radius 1 is 1.12 bits per heavy atom. The number of carbonyl (C=O) groups is 2. The van der Waals surface area contributed by atoms with E-state index in [-0.39, 0.29) is 21.5 Å². The van der Waals surface area contributed by atoms with Gasteiger partial charge in [0.15, 0.2) is 6.10 Å². The van der Waals surface area contributed by atoms with Crippen molar-refractivity contribution in [3.05, 3.63) is 64.2 Å². The van der Waals surface area contributed by atoms with E-state index >= 15 is 0 Å². The molecular weight excluding hydrogens is 464 g/mol. The SMILES string of the molecule is CC(OC(=O)c1ccc(Cl)c(S(=O)(=O)N2CCCC2)c1)C(=O)NC1CCCc2ccccc21. The quantitative estimate of drug-likeness (QED) is 0.620. The second kappa shape index (κ2) is 9.83. The predicted octanol–water partition coefficient (Wildman–Crippen LogP) is 3.86. The molecule has 2 aromatic rings. The second-order valence-corrected chi connectivity index (χ2v) is 10.8. The molecular formula is C24H27ClN2O5S. The predicted molar refractivity (Wildman–Crippen MR) is 125 cm³/mol. The van der Waals surface area contributed by atoms with Gasteiger partial charge in [-0.1, -0.05) is 35.9 Å². The zero-order chi connectivity index (χ0) is 23.6. The van der Waals surface area contributed by atoms with Gasteiger partial charge in [-0.3, -0.25) is 4.79 Å². The maximum atomic E-state index is 12.9. The number of esters is 1. The lowest BCUT2D eigenvalue weighted by Gasteiger charge is -2.27. The van der Waals surface area contributed by atoms with Crippen molar-refractivity contribution in [3.63, 3.8) is 0 Å². The van der Waals surface area contributed by atoms with Crippen molar-refractivity contribution < 1.29 is 22.7 Å². The van der Waals surface area contributed by atoms with Gasteiger partial charge in [0.1, 0.15) is 4.90 Å². The normalized spacial score (nSPS) is 19.5. The van der Waals surface area contributed by atoms with Crippen LogP contribution in [0.5, 0.6) is 0 Å². The van der Waals surface area contributed by atoms with Crippen LogP contribution in [0.4, 0.5) is 0 Å². The lowest BCUT2D eigenvalue weighted by molar-refractivity contribution is -0.130. The molecule has 176 valence electrons. The van der Waals surface area contributed by atoms with Crippen LogP contribution >= 0.6 is 11.6 Å². The topological polar surface area (TPSA) is 92.8 Å². The standard InChI is InChI=1S/C24H27ClN2O5S/c1-16(23(28)26-21-10-6-8-17-7-2-3-9-19(17)21)32-24(29)18-11-12-20(25)22(15-18)33(30,31)27-13-4-5-14-27/h2-3,7,9,11-12,15-16,21H,4-6,8,10,13-14H2,1H3,(H,26,28). The number of benzene rings is 2. The first-order valence-electron chi connectivity index (χ1n) is 11.2. The van der Waals surface area contributed by atoms with Crippen LogP contribution < -0.4 is 5.32 Å². The number of amides is 1. The zero-order valence-corrected chi connectivity index (χ0v) is 20.0. The van der Waals surface area contributed by atoms with Crippen LogP contribution in [0.2, 0.25) is 5.02 Å². The molecule has 0 spiro atoms. The van der Waals surface area contributed by atoms with Crippen LogP contribution in [-0.2, 0) is 26.0 Å². The molecule has 1 fully saturated rings. The summed E-state index contributed by atoms with van der Waals surface area (Å²) in [6.45, 7) is 2.35. The van der Waals surface area contributed by atoms with Crippen molar-refractivity contribution in [3.8, 4) is 0 Å². The highest BCUT2D eigenvalue weighted by molar-refractivity contribution is 7.89. The van der Waals surface area contributed by atoms with Crippen LogP contribution in [-0.4, -0.2) is 43.8 Å². The maximum Gasteiger partial charge on any atom is 0.338 e. The molecule has 9 heteroatoms. The number of rotatable bonds is 6. The highest BCUT2D eigenvalue weighted by Gasteiger charge is 2.31. The van der Waals surface area contributed by atoms with Gasteiger partial charge in [-0.15, -0.1) is 0 Å². The summed E-state index contributed by atoms with van der Waals surface area (Å²) in [5, 5.41) is 3.02. The van der Waals surface area contributed by atoms with E-state index in [1.165, 1.54) is 35.0 Å². The summed E-state index contributed by atoms with van der Waals surface area (Å²) in [6, 6.07) is 11.9. The number of aryl methyl sites for hydroxylation is 1. The van der Waals surface area contributed by atoms with Crippen molar-refractivity contribution in [2.45, 2.75) is 56.1 Å². The van der Waals surface area contributed by atoms with Crippen molar-refractivity contribution in [2.24, 2.45) is 0 Å². The largest absolute Gasteiger partial charge is 0.449 e. The highest BCUT2D eigenvalue weighted by Crippen LogP contribution is 2.30. The monoisotopic (exact) mass is 490 g/mol. The molecule has 2 unspecified atom stereocenters. The summed E-state index contributed by atoms with van der Waals surface area (Å²) in [5.41, 5.74) is 2.33. The number of sulfonamides is 1. The van der Waals surface area contributed by atoms with Gasteiger partial charge < -0.3 is 10.1 Å². The van der Waals surface area contributed by atoms with Gasteiger partial charge in [0.25, 0.3) is 5.91 Å². The van der Waals surface area contributed by atoms with Gasteiger partial charge in [-0.05, 0) is 68.4 Å². The van der Waals surface area contributed by atoms with E-state index in [4.69, 9.17) is 16.3 Å². The maximum absolute atomic E-state index is 12.9. The fraction of sp³-hybridized carbons (Fsp3) is 0.417. The molecule has 2 atom stereocenters. The molecule has 0 aromatic heterocycles. The Bertz CT molecular complexity index is 1160. The molecule has 0 radical (unpaired) electrons. The number of carbonyl (C=O) groups excluding carboxylic acids is 2. The smallest absolute Gasteiger partial charge is 0.338 e. The number of nitrogens with one attached hydrogen (secondary N) is 1. The molecule has 0 bridgehead atoms. The first-order valence-corrected chi connectivity index (χ1v) is 13.0. The molecule has 1 N–H and O–H groups in total. The van der Waals surface area contributed by atoms with Gasteiger partial charge in [-0.2, -0.15) is 4.31 Å².